The lowest BCUT2D eigenvalue weighted by molar-refractivity contribution is -0.114. The third-order valence-corrected chi connectivity index (χ3v) is 4.39. The van der Waals surface area contributed by atoms with E-state index in [-0.39, 0.29) is 23.3 Å². The highest BCUT2D eigenvalue weighted by Crippen LogP contribution is 2.15. The number of rotatable bonds is 7. The standard InChI is InChI=1S/C18H19ClN2O2S/c1-2-13-6-8-15(9-7-13)20-17(22)11-24-12-18(23)21-16-5-3-4-14(19)10-16/h3-10H,2,11-12H2,1H3,(H,20,22)(H,21,23). The fraction of sp³-hybridized carbons (Fsp3) is 0.222. The minimum atomic E-state index is -0.164. The summed E-state index contributed by atoms with van der Waals surface area (Å²) in [7, 11) is 0. The number of halogens is 1. The van der Waals surface area contributed by atoms with Gasteiger partial charge in [0.05, 0.1) is 11.5 Å². The summed E-state index contributed by atoms with van der Waals surface area (Å²) in [5.74, 6) is 0.134. The van der Waals surface area contributed by atoms with Crippen LogP contribution in [0, 0.1) is 0 Å². The number of nitrogens with one attached hydrogen (secondary N) is 2. The maximum absolute atomic E-state index is 11.9. The van der Waals surface area contributed by atoms with Crippen molar-refractivity contribution in [2.45, 2.75) is 13.3 Å². The summed E-state index contributed by atoms with van der Waals surface area (Å²) in [6.45, 7) is 2.08. The topological polar surface area (TPSA) is 58.2 Å². The predicted molar refractivity (Wildman–Crippen MR) is 102 cm³/mol. The van der Waals surface area contributed by atoms with E-state index in [1.165, 1.54) is 17.3 Å². The molecule has 0 saturated heterocycles. The lowest BCUT2D eigenvalue weighted by atomic mass is 10.1. The summed E-state index contributed by atoms with van der Waals surface area (Å²) in [4.78, 5) is 23.7. The lowest BCUT2D eigenvalue weighted by Gasteiger charge is -2.07. The summed E-state index contributed by atoms with van der Waals surface area (Å²) in [6, 6.07) is 14.7. The summed E-state index contributed by atoms with van der Waals surface area (Å²) in [6.07, 6.45) is 0.964. The van der Waals surface area contributed by atoms with Gasteiger partial charge in [0.1, 0.15) is 0 Å². The van der Waals surface area contributed by atoms with Gasteiger partial charge < -0.3 is 10.6 Å². The highest BCUT2D eigenvalue weighted by molar-refractivity contribution is 8.00. The summed E-state index contributed by atoms with van der Waals surface area (Å²) in [5, 5.41) is 6.12. The van der Waals surface area contributed by atoms with Crippen molar-refractivity contribution in [1.82, 2.24) is 0 Å². The van der Waals surface area contributed by atoms with Crippen LogP contribution in [0.4, 0.5) is 11.4 Å². The number of anilines is 2. The Morgan fingerprint density at radius 3 is 2.17 bits per heavy atom. The summed E-state index contributed by atoms with van der Waals surface area (Å²) < 4.78 is 0. The van der Waals surface area contributed by atoms with E-state index in [1.807, 2.05) is 24.3 Å². The quantitative estimate of drug-likeness (QED) is 0.775. The van der Waals surface area contributed by atoms with Crippen molar-refractivity contribution < 1.29 is 9.59 Å². The number of thioether (sulfide) groups is 1. The van der Waals surface area contributed by atoms with E-state index in [0.717, 1.165) is 12.1 Å². The molecule has 2 aromatic carbocycles. The normalized spacial score (nSPS) is 10.2. The zero-order chi connectivity index (χ0) is 17.4. The van der Waals surface area contributed by atoms with Crippen LogP contribution in [0.25, 0.3) is 0 Å². The second-order valence-electron chi connectivity index (χ2n) is 5.15. The predicted octanol–water partition coefficient (Wildman–Crippen LogP) is 4.21. The van der Waals surface area contributed by atoms with Crippen molar-refractivity contribution in [1.29, 1.82) is 0 Å². The van der Waals surface area contributed by atoms with Crippen LogP contribution in [0.2, 0.25) is 5.02 Å². The first-order chi connectivity index (χ1) is 11.6. The smallest absolute Gasteiger partial charge is 0.234 e. The molecule has 0 spiro atoms. The molecule has 2 amide bonds. The van der Waals surface area contributed by atoms with Crippen molar-refractivity contribution in [3.63, 3.8) is 0 Å². The molecule has 126 valence electrons. The van der Waals surface area contributed by atoms with E-state index >= 15 is 0 Å². The Morgan fingerprint density at radius 2 is 1.58 bits per heavy atom. The van der Waals surface area contributed by atoms with E-state index < -0.39 is 0 Å². The minimum Gasteiger partial charge on any atom is -0.325 e. The van der Waals surface area contributed by atoms with Gasteiger partial charge in [-0.3, -0.25) is 9.59 Å². The number of amides is 2. The number of hydrogen-bond acceptors (Lipinski definition) is 3. The summed E-state index contributed by atoms with van der Waals surface area (Å²) >= 11 is 7.12. The van der Waals surface area contributed by atoms with Crippen molar-refractivity contribution in [2.24, 2.45) is 0 Å². The van der Waals surface area contributed by atoms with E-state index in [1.54, 1.807) is 24.3 Å². The maximum atomic E-state index is 11.9. The number of aryl methyl sites for hydroxylation is 1. The van der Waals surface area contributed by atoms with E-state index in [9.17, 15) is 9.59 Å². The zero-order valence-corrected chi connectivity index (χ0v) is 14.9. The van der Waals surface area contributed by atoms with Crippen molar-refractivity contribution >= 4 is 46.6 Å². The molecular weight excluding hydrogens is 344 g/mol. The Kier molecular flexibility index (Phi) is 7.15. The molecule has 2 rings (SSSR count). The van der Waals surface area contributed by atoms with Crippen molar-refractivity contribution in [3.8, 4) is 0 Å². The first kappa shape index (κ1) is 18.4. The van der Waals surface area contributed by atoms with Gasteiger partial charge in [-0.15, -0.1) is 11.8 Å². The molecule has 0 fully saturated rings. The maximum Gasteiger partial charge on any atom is 0.234 e. The Labute approximate surface area is 151 Å². The minimum absolute atomic E-state index is 0.125. The highest BCUT2D eigenvalue weighted by Gasteiger charge is 2.07. The number of benzene rings is 2. The van der Waals surface area contributed by atoms with Crippen LogP contribution in [0.15, 0.2) is 48.5 Å². The fourth-order valence-corrected chi connectivity index (χ4v) is 2.83. The molecule has 24 heavy (non-hydrogen) atoms. The molecule has 0 heterocycles. The van der Waals surface area contributed by atoms with Crippen LogP contribution < -0.4 is 10.6 Å². The molecule has 6 heteroatoms. The van der Waals surface area contributed by atoms with Crippen LogP contribution in [0.3, 0.4) is 0 Å². The third kappa shape index (κ3) is 6.26. The molecule has 0 bridgehead atoms. The number of carbonyl (C=O) groups is 2. The van der Waals surface area contributed by atoms with E-state index in [2.05, 4.69) is 17.6 Å². The number of carbonyl (C=O) groups excluding carboxylic acids is 2. The molecule has 0 unspecified atom stereocenters. The molecule has 0 radical (unpaired) electrons. The van der Waals surface area contributed by atoms with Crippen molar-refractivity contribution in [2.75, 3.05) is 22.1 Å². The molecule has 0 aliphatic heterocycles. The molecule has 0 aromatic heterocycles. The molecular formula is C18H19ClN2O2S. The SMILES string of the molecule is CCc1ccc(NC(=O)CSCC(=O)Nc2cccc(Cl)c2)cc1. The fourth-order valence-electron chi connectivity index (χ4n) is 2.02. The first-order valence-electron chi connectivity index (χ1n) is 7.59. The molecule has 2 aromatic rings. The third-order valence-electron chi connectivity index (χ3n) is 3.22. The van der Waals surface area contributed by atoms with Gasteiger partial charge in [0, 0.05) is 16.4 Å². The molecule has 4 nitrogen and oxygen atoms in total. The molecule has 0 aliphatic rings. The zero-order valence-electron chi connectivity index (χ0n) is 13.3. The van der Waals surface area contributed by atoms with Crippen molar-refractivity contribution in [3.05, 3.63) is 59.1 Å². The van der Waals surface area contributed by atoms with Crippen LogP contribution >= 0.6 is 23.4 Å². The van der Waals surface area contributed by atoms with Crippen LogP contribution in [-0.4, -0.2) is 23.3 Å². The lowest BCUT2D eigenvalue weighted by Crippen LogP contribution is -2.18. The molecule has 0 aliphatic carbocycles. The second kappa shape index (κ2) is 9.35. The van der Waals surface area contributed by atoms with Gasteiger partial charge in [0.2, 0.25) is 11.8 Å². The first-order valence-corrected chi connectivity index (χ1v) is 9.12. The highest BCUT2D eigenvalue weighted by atomic mass is 35.5. The van der Waals surface area contributed by atoms with Gasteiger partial charge in [0.15, 0.2) is 0 Å². The van der Waals surface area contributed by atoms with Gasteiger partial charge in [-0.2, -0.15) is 0 Å². The average molecular weight is 363 g/mol. The molecule has 0 atom stereocenters. The summed E-state index contributed by atoms with van der Waals surface area (Å²) in [5.41, 5.74) is 2.63. The Morgan fingerprint density at radius 1 is 0.958 bits per heavy atom. The Balaban J connectivity index is 1.70. The molecule has 2 N–H and O–H groups in total. The van der Waals surface area contributed by atoms with E-state index in [4.69, 9.17) is 11.6 Å². The number of hydrogen-bond donors (Lipinski definition) is 2. The van der Waals surface area contributed by atoms with Gasteiger partial charge in [0.25, 0.3) is 0 Å². The van der Waals surface area contributed by atoms with Gasteiger partial charge in [-0.1, -0.05) is 36.7 Å². The van der Waals surface area contributed by atoms with Crippen LogP contribution in [0.5, 0.6) is 0 Å². The monoisotopic (exact) mass is 362 g/mol. The Bertz CT molecular complexity index is 704. The van der Waals surface area contributed by atoms with E-state index in [0.29, 0.717) is 10.7 Å². The Hall–Kier alpha value is -1.98. The van der Waals surface area contributed by atoms with Gasteiger partial charge in [-0.25, -0.2) is 0 Å². The van der Waals surface area contributed by atoms with Gasteiger partial charge in [-0.05, 0) is 42.3 Å². The largest absolute Gasteiger partial charge is 0.325 e. The molecule has 0 saturated carbocycles. The average Bonchev–Trinajstić information content (AvgIpc) is 2.55. The van der Waals surface area contributed by atoms with Crippen LogP contribution in [-0.2, 0) is 16.0 Å². The second-order valence-corrected chi connectivity index (χ2v) is 6.57. The van der Waals surface area contributed by atoms with Crippen LogP contribution in [0.1, 0.15) is 12.5 Å². The van der Waals surface area contributed by atoms with Gasteiger partial charge >= 0.3 is 0 Å².